The van der Waals surface area contributed by atoms with Gasteiger partial charge in [0.15, 0.2) is 0 Å². The van der Waals surface area contributed by atoms with Crippen LogP contribution in [0.2, 0.25) is 0 Å². The van der Waals surface area contributed by atoms with Crippen molar-refractivity contribution in [3.63, 3.8) is 0 Å². The van der Waals surface area contributed by atoms with Crippen molar-refractivity contribution in [3.05, 3.63) is 34.9 Å². The van der Waals surface area contributed by atoms with Gasteiger partial charge in [-0.1, -0.05) is 23.8 Å². The zero-order valence-corrected chi connectivity index (χ0v) is 9.17. The molecule has 0 unspecified atom stereocenters. The Kier molecular flexibility index (Phi) is 4.07. The fraction of sp³-hybridized carbons (Fsp3) is 0.455. The number of aryl methyl sites for hydroxylation is 2. The molecular formula is C11H19N3. The molecule has 3 nitrogen and oxygen atoms in total. The van der Waals surface area contributed by atoms with Gasteiger partial charge in [0.2, 0.25) is 0 Å². The minimum absolute atomic E-state index is 0.702. The molecule has 1 aromatic rings. The number of rotatable bonds is 4. The van der Waals surface area contributed by atoms with Gasteiger partial charge in [-0.15, -0.1) is 0 Å². The van der Waals surface area contributed by atoms with Crippen LogP contribution < -0.4 is 11.3 Å². The van der Waals surface area contributed by atoms with Gasteiger partial charge in [0.1, 0.15) is 0 Å². The van der Waals surface area contributed by atoms with E-state index in [9.17, 15) is 0 Å². The van der Waals surface area contributed by atoms with Crippen LogP contribution in [-0.2, 0) is 6.54 Å². The van der Waals surface area contributed by atoms with Crippen LogP contribution >= 0.6 is 0 Å². The van der Waals surface area contributed by atoms with Crippen molar-refractivity contribution < 1.29 is 0 Å². The monoisotopic (exact) mass is 193 g/mol. The summed E-state index contributed by atoms with van der Waals surface area (Å²) in [4.78, 5) is 2.14. The molecule has 0 radical (unpaired) electrons. The van der Waals surface area contributed by atoms with Gasteiger partial charge in [0.25, 0.3) is 0 Å². The molecule has 0 bridgehead atoms. The van der Waals surface area contributed by atoms with E-state index in [-0.39, 0.29) is 0 Å². The average molecular weight is 193 g/mol. The summed E-state index contributed by atoms with van der Waals surface area (Å²) < 4.78 is 0. The first-order chi connectivity index (χ1) is 6.63. The van der Waals surface area contributed by atoms with E-state index in [4.69, 9.17) is 5.84 Å². The van der Waals surface area contributed by atoms with Crippen molar-refractivity contribution >= 4 is 0 Å². The zero-order valence-electron chi connectivity index (χ0n) is 9.17. The lowest BCUT2D eigenvalue weighted by molar-refractivity contribution is 0.301. The van der Waals surface area contributed by atoms with E-state index in [1.165, 1.54) is 16.7 Å². The number of nitrogens with one attached hydrogen (secondary N) is 1. The fourth-order valence-electron chi connectivity index (χ4n) is 1.53. The Morgan fingerprint density at radius 3 is 2.64 bits per heavy atom. The highest BCUT2D eigenvalue weighted by molar-refractivity contribution is 5.30. The van der Waals surface area contributed by atoms with E-state index in [2.05, 4.69) is 42.4 Å². The molecule has 0 saturated carbocycles. The largest absolute Gasteiger partial charge is 0.288 e. The maximum Gasteiger partial charge on any atom is 0.0612 e. The Bertz CT molecular complexity index is 297. The minimum Gasteiger partial charge on any atom is -0.288 e. The molecule has 0 heterocycles. The highest BCUT2D eigenvalue weighted by atomic mass is 15.3. The van der Waals surface area contributed by atoms with Crippen LogP contribution in [0.4, 0.5) is 0 Å². The van der Waals surface area contributed by atoms with Gasteiger partial charge in [-0.25, -0.2) is 5.43 Å². The molecule has 0 aromatic heterocycles. The van der Waals surface area contributed by atoms with Gasteiger partial charge in [-0.3, -0.25) is 10.7 Å². The predicted molar refractivity (Wildman–Crippen MR) is 59.6 cm³/mol. The SMILES string of the molecule is Cc1ccc(CN(C)CNN)c(C)c1. The molecule has 0 saturated heterocycles. The Balaban J connectivity index is 2.67. The molecule has 0 aliphatic rings. The molecule has 0 atom stereocenters. The average Bonchev–Trinajstić information content (AvgIpc) is 2.10. The first kappa shape index (κ1) is 11.2. The summed E-state index contributed by atoms with van der Waals surface area (Å²) in [5.74, 6) is 5.25. The normalized spacial score (nSPS) is 10.9. The van der Waals surface area contributed by atoms with Crippen LogP contribution in [-0.4, -0.2) is 18.6 Å². The van der Waals surface area contributed by atoms with E-state index in [1.54, 1.807) is 0 Å². The third-order valence-electron chi connectivity index (χ3n) is 2.30. The molecule has 0 fully saturated rings. The van der Waals surface area contributed by atoms with E-state index < -0.39 is 0 Å². The van der Waals surface area contributed by atoms with E-state index in [0.29, 0.717) is 6.67 Å². The van der Waals surface area contributed by atoms with Crippen molar-refractivity contribution in [2.75, 3.05) is 13.7 Å². The molecule has 0 aliphatic carbocycles. The maximum atomic E-state index is 5.25. The number of hydrogen-bond acceptors (Lipinski definition) is 3. The van der Waals surface area contributed by atoms with Crippen LogP contribution in [0.1, 0.15) is 16.7 Å². The molecule has 0 aliphatic heterocycles. The van der Waals surface area contributed by atoms with Crippen LogP contribution in [0, 0.1) is 13.8 Å². The number of benzene rings is 1. The summed E-state index contributed by atoms with van der Waals surface area (Å²) in [6, 6.07) is 6.53. The summed E-state index contributed by atoms with van der Waals surface area (Å²) in [6.45, 7) is 5.89. The predicted octanol–water partition coefficient (Wildman–Crippen LogP) is 1.16. The molecule has 14 heavy (non-hydrogen) atoms. The summed E-state index contributed by atoms with van der Waals surface area (Å²) >= 11 is 0. The van der Waals surface area contributed by atoms with Gasteiger partial charge in [0, 0.05) is 6.54 Å². The van der Waals surface area contributed by atoms with Gasteiger partial charge in [-0.2, -0.15) is 0 Å². The van der Waals surface area contributed by atoms with Crippen LogP contribution in [0.3, 0.4) is 0 Å². The van der Waals surface area contributed by atoms with Crippen molar-refractivity contribution in [3.8, 4) is 0 Å². The number of nitrogens with zero attached hydrogens (tertiary/aromatic N) is 1. The lowest BCUT2D eigenvalue weighted by atomic mass is 10.1. The van der Waals surface area contributed by atoms with Gasteiger partial charge in [0.05, 0.1) is 6.67 Å². The zero-order chi connectivity index (χ0) is 10.6. The third kappa shape index (κ3) is 3.10. The van der Waals surface area contributed by atoms with Crippen LogP contribution in [0.5, 0.6) is 0 Å². The van der Waals surface area contributed by atoms with Gasteiger partial charge < -0.3 is 0 Å². The van der Waals surface area contributed by atoms with Gasteiger partial charge >= 0.3 is 0 Å². The highest BCUT2D eigenvalue weighted by Crippen LogP contribution is 2.11. The summed E-state index contributed by atoms with van der Waals surface area (Å²) in [5, 5.41) is 0. The Morgan fingerprint density at radius 2 is 2.07 bits per heavy atom. The Hall–Kier alpha value is -0.900. The second-order valence-electron chi connectivity index (χ2n) is 3.81. The first-order valence-electron chi connectivity index (χ1n) is 4.81. The smallest absolute Gasteiger partial charge is 0.0612 e. The lowest BCUT2D eigenvalue weighted by Gasteiger charge is -2.17. The van der Waals surface area contributed by atoms with Crippen molar-refractivity contribution in [1.29, 1.82) is 0 Å². The van der Waals surface area contributed by atoms with Gasteiger partial charge in [-0.05, 0) is 32.0 Å². The van der Waals surface area contributed by atoms with Crippen LogP contribution in [0.25, 0.3) is 0 Å². The second-order valence-corrected chi connectivity index (χ2v) is 3.81. The molecule has 3 N–H and O–H groups in total. The van der Waals surface area contributed by atoms with Crippen molar-refractivity contribution in [2.45, 2.75) is 20.4 Å². The summed E-state index contributed by atoms with van der Waals surface area (Å²) in [6.07, 6.45) is 0. The molecule has 78 valence electrons. The summed E-state index contributed by atoms with van der Waals surface area (Å²) in [5.41, 5.74) is 6.65. The first-order valence-corrected chi connectivity index (χ1v) is 4.81. The van der Waals surface area contributed by atoms with Crippen molar-refractivity contribution in [1.82, 2.24) is 10.3 Å². The van der Waals surface area contributed by atoms with Crippen LogP contribution in [0.15, 0.2) is 18.2 Å². The lowest BCUT2D eigenvalue weighted by Crippen LogP contribution is -2.35. The van der Waals surface area contributed by atoms with E-state index in [1.807, 2.05) is 7.05 Å². The third-order valence-corrected chi connectivity index (χ3v) is 2.30. The van der Waals surface area contributed by atoms with E-state index >= 15 is 0 Å². The Morgan fingerprint density at radius 1 is 1.36 bits per heavy atom. The molecule has 0 amide bonds. The second kappa shape index (κ2) is 5.10. The van der Waals surface area contributed by atoms with Crippen molar-refractivity contribution in [2.24, 2.45) is 5.84 Å². The quantitative estimate of drug-likeness (QED) is 0.428. The maximum absolute atomic E-state index is 5.25. The number of nitrogens with two attached hydrogens (primary N) is 1. The topological polar surface area (TPSA) is 41.3 Å². The molecule has 1 rings (SSSR count). The molecule has 1 aromatic carbocycles. The highest BCUT2D eigenvalue weighted by Gasteiger charge is 2.01. The van der Waals surface area contributed by atoms with E-state index in [0.717, 1.165) is 6.54 Å². The number of hydrazine groups is 1. The fourth-order valence-corrected chi connectivity index (χ4v) is 1.53. The minimum atomic E-state index is 0.702. The number of hydrogen-bond donors (Lipinski definition) is 2. The molecule has 3 heteroatoms. The standard InChI is InChI=1S/C11H19N3/c1-9-4-5-11(10(2)6-9)7-14(3)8-13-12/h4-6,13H,7-8,12H2,1-3H3. The molecule has 0 spiro atoms. The Labute approximate surface area is 85.9 Å². The summed E-state index contributed by atoms with van der Waals surface area (Å²) in [7, 11) is 2.04. The molecular weight excluding hydrogens is 174 g/mol.